The van der Waals surface area contributed by atoms with Crippen LogP contribution < -0.4 is 16.4 Å². The van der Waals surface area contributed by atoms with Crippen molar-refractivity contribution in [2.45, 2.75) is 19.5 Å². The van der Waals surface area contributed by atoms with Gasteiger partial charge in [-0.3, -0.25) is 10.1 Å². The number of hydrogen-bond acceptors (Lipinski definition) is 6. The van der Waals surface area contributed by atoms with Gasteiger partial charge in [-0.1, -0.05) is 5.21 Å². The van der Waals surface area contributed by atoms with Crippen LogP contribution in [0.1, 0.15) is 11.5 Å². The minimum absolute atomic E-state index is 0.0915. The summed E-state index contributed by atoms with van der Waals surface area (Å²) in [6.07, 6.45) is 3.71. The van der Waals surface area contributed by atoms with Gasteiger partial charge >= 0.3 is 6.03 Å². The van der Waals surface area contributed by atoms with Gasteiger partial charge in [-0.2, -0.15) is 0 Å². The van der Waals surface area contributed by atoms with Crippen molar-refractivity contribution in [3.05, 3.63) is 36.0 Å². The fourth-order valence-corrected chi connectivity index (χ4v) is 1.62. The highest BCUT2D eigenvalue weighted by atomic mass is 16.3. The predicted octanol–water partition coefficient (Wildman–Crippen LogP) is -0.602. The van der Waals surface area contributed by atoms with Crippen molar-refractivity contribution >= 4 is 11.9 Å². The van der Waals surface area contributed by atoms with Gasteiger partial charge in [-0.05, 0) is 18.7 Å². The Kier molecular flexibility index (Phi) is 5.04. The van der Waals surface area contributed by atoms with Crippen LogP contribution in [-0.2, 0) is 24.3 Å². The fourth-order valence-electron chi connectivity index (χ4n) is 1.62. The van der Waals surface area contributed by atoms with Crippen molar-refractivity contribution in [1.82, 2.24) is 25.6 Å². The van der Waals surface area contributed by atoms with Gasteiger partial charge in [0.05, 0.1) is 18.5 Å². The van der Waals surface area contributed by atoms with Gasteiger partial charge < -0.3 is 15.5 Å². The molecule has 0 radical (unpaired) electrons. The normalized spacial score (nSPS) is 10.3. The van der Waals surface area contributed by atoms with E-state index in [0.29, 0.717) is 24.4 Å². The first-order valence-corrected chi connectivity index (χ1v) is 6.36. The molecule has 21 heavy (non-hydrogen) atoms. The van der Waals surface area contributed by atoms with Crippen LogP contribution in [0.3, 0.4) is 0 Å². The Morgan fingerprint density at radius 2 is 2.29 bits per heavy atom. The largest absolute Gasteiger partial charge is 0.467 e. The quantitative estimate of drug-likeness (QED) is 0.652. The number of nitrogens with two attached hydrogens (primary N) is 1. The lowest BCUT2D eigenvalue weighted by atomic mass is 10.3. The second-order valence-electron chi connectivity index (χ2n) is 4.26. The third-order valence-electron chi connectivity index (χ3n) is 2.55. The number of rotatable bonds is 6. The second kappa shape index (κ2) is 7.20. The summed E-state index contributed by atoms with van der Waals surface area (Å²) in [5.41, 5.74) is 6.09. The van der Waals surface area contributed by atoms with Crippen LogP contribution in [0.2, 0.25) is 0 Å². The van der Waals surface area contributed by atoms with E-state index in [1.165, 1.54) is 10.9 Å². The third-order valence-corrected chi connectivity index (χ3v) is 2.55. The monoisotopic (exact) mass is 292 g/mol. The number of nitrogens with one attached hydrogen (secondary N) is 2. The van der Waals surface area contributed by atoms with E-state index in [2.05, 4.69) is 20.9 Å². The summed E-state index contributed by atoms with van der Waals surface area (Å²) >= 11 is 0. The van der Waals surface area contributed by atoms with Crippen LogP contribution in [0.15, 0.2) is 29.0 Å². The highest BCUT2D eigenvalue weighted by Gasteiger charge is 2.10. The number of carbonyl (C=O) groups is 2. The number of imide groups is 1. The molecule has 4 N–H and O–H groups in total. The molecule has 0 spiro atoms. The molecule has 0 aliphatic heterocycles. The van der Waals surface area contributed by atoms with Crippen molar-refractivity contribution in [2.75, 3.05) is 6.54 Å². The van der Waals surface area contributed by atoms with Crippen LogP contribution in [0, 0.1) is 0 Å². The molecule has 0 saturated carbocycles. The number of urea groups is 1. The van der Waals surface area contributed by atoms with E-state index < -0.39 is 11.9 Å². The summed E-state index contributed by atoms with van der Waals surface area (Å²) in [6, 6.07) is 2.83. The summed E-state index contributed by atoms with van der Waals surface area (Å²) in [5, 5.41) is 12.3. The van der Waals surface area contributed by atoms with Crippen LogP contribution >= 0.6 is 0 Å². The Morgan fingerprint density at radius 1 is 1.43 bits per heavy atom. The summed E-state index contributed by atoms with van der Waals surface area (Å²) in [5.74, 6) is 0.108. The van der Waals surface area contributed by atoms with Crippen LogP contribution in [0.5, 0.6) is 0 Å². The van der Waals surface area contributed by atoms with Crippen LogP contribution in [-0.4, -0.2) is 33.5 Å². The highest BCUT2D eigenvalue weighted by molar-refractivity contribution is 5.94. The number of hydrogen-bond donors (Lipinski definition) is 3. The van der Waals surface area contributed by atoms with Crippen molar-refractivity contribution in [3.8, 4) is 0 Å². The first kappa shape index (κ1) is 14.7. The third kappa shape index (κ3) is 4.73. The molecule has 2 heterocycles. The second-order valence-corrected chi connectivity index (χ2v) is 4.26. The minimum Gasteiger partial charge on any atom is -0.467 e. The lowest BCUT2D eigenvalue weighted by Crippen LogP contribution is -2.40. The molecule has 112 valence electrons. The maximum absolute atomic E-state index is 11.6. The van der Waals surface area contributed by atoms with E-state index in [0.717, 1.165) is 0 Å². The number of aromatic nitrogens is 3. The Morgan fingerprint density at radius 3 is 3.00 bits per heavy atom. The van der Waals surface area contributed by atoms with Crippen molar-refractivity contribution in [2.24, 2.45) is 5.73 Å². The molecule has 0 atom stereocenters. The lowest BCUT2D eigenvalue weighted by Gasteiger charge is -2.05. The van der Waals surface area contributed by atoms with Gasteiger partial charge in [0.25, 0.3) is 0 Å². The van der Waals surface area contributed by atoms with E-state index in [9.17, 15) is 9.59 Å². The standard InChI is InChI=1S/C12H16N6O3/c13-4-3-9-7-18(17-16-9)8-11(19)15-12(20)14-6-10-2-1-5-21-10/h1-2,5,7H,3-4,6,8,13H2,(H2,14,15,19,20). The molecule has 3 amide bonds. The first-order valence-electron chi connectivity index (χ1n) is 6.36. The average molecular weight is 292 g/mol. The maximum atomic E-state index is 11.6. The summed E-state index contributed by atoms with van der Waals surface area (Å²) < 4.78 is 6.40. The van der Waals surface area contributed by atoms with E-state index >= 15 is 0 Å². The molecule has 0 aliphatic rings. The number of carbonyl (C=O) groups excluding carboxylic acids is 2. The number of furan rings is 1. The van der Waals surface area contributed by atoms with E-state index in [1.807, 2.05) is 0 Å². The minimum atomic E-state index is -0.598. The molecule has 0 fully saturated rings. The SMILES string of the molecule is NCCc1cn(CC(=O)NC(=O)NCc2ccco2)nn1. The molecule has 2 aromatic rings. The zero-order valence-electron chi connectivity index (χ0n) is 11.3. The van der Waals surface area contributed by atoms with Gasteiger partial charge in [0.15, 0.2) is 0 Å². The molecule has 0 unspecified atom stereocenters. The molecule has 0 saturated heterocycles. The van der Waals surface area contributed by atoms with Gasteiger partial charge in [0.2, 0.25) is 5.91 Å². The molecule has 9 nitrogen and oxygen atoms in total. The zero-order valence-corrected chi connectivity index (χ0v) is 11.3. The summed E-state index contributed by atoms with van der Waals surface area (Å²) in [6.45, 7) is 0.571. The molecular formula is C12H16N6O3. The van der Waals surface area contributed by atoms with Gasteiger partial charge in [0.1, 0.15) is 12.3 Å². The Balaban J connectivity index is 1.74. The van der Waals surface area contributed by atoms with Gasteiger partial charge in [-0.15, -0.1) is 5.10 Å². The number of nitrogens with zero attached hydrogens (tertiary/aromatic N) is 3. The molecule has 0 bridgehead atoms. The van der Waals surface area contributed by atoms with E-state index in [-0.39, 0.29) is 13.1 Å². The van der Waals surface area contributed by atoms with Crippen LogP contribution in [0.4, 0.5) is 4.79 Å². The van der Waals surface area contributed by atoms with Gasteiger partial charge in [0, 0.05) is 12.6 Å². The molecular weight excluding hydrogens is 276 g/mol. The topological polar surface area (TPSA) is 128 Å². The smallest absolute Gasteiger partial charge is 0.321 e. The Hall–Kier alpha value is -2.68. The predicted molar refractivity (Wildman–Crippen MR) is 71.9 cm³/mol. The van der Waals surface area contributed by atoms with Crippen molar-refractivity contribution < 1.29 is 14.0 Å². The first-order chi connectivity index (χ1) is 10.2. The van der Waals surface area contributed by atoms with Crippen LogP contribution in [0.25, 0.3) is 0 Å². The van der Waals surface area contributed by atoms with Gasteiger partial charge in [-0.25, -0.2) is 9.48 Å². The molecule has 0 aromatic carbocycles. The van der Waals surface area contributed by atoms with E-state index in [4.69, 9.17) is 10.2 Å². The molecule has 2 rings (SSSR count). The summed E-state index contributed by atoms with van der Waals surface area (Å²) in [4.78, 5) is 23.1. The zero-order chi connectivity index (χ0) is 15.1. The Labute approximate surface area is 120 Å². The average Bonchev–Trinajstić information content (AvgIpc) is 3.08. The number of amides is 3. The molecule has 9 heteroatoms. The Bertz CT molecular complexity index is 592. The highest BCUT2D eigenvalue weighted by Crippen LogP contribution is 1.98. The van der Waals surface area contributed by atoms with E-state index in [1.54, 1.807) is 18.3 Å². The fraction of sp³-hybridized carbons (Fsp3) is 0.333. The maximum Gasteiger partial charge on any atom is 0.321 e. The molecule has 0 aliphatic carbocycles. The molecule has 2 aromatic heterocycles. The lowest BCUT2D eigenvalue weighted by molar-refractivity contribution is -0.120. The van der Waals surface area contributed by atoms with Crippen molar-refractivity contribution in [1.29, 1.82) is 0 Å². The summed E-state index contributed by atoms with van der Waals surface area (Å²) in [7, 11) is 0. The van der Waals surface area contributed by atoms with Crippen molar-refractivity contribution in [3.63, 3.8) is 0 Å².